The highest BCUT2D eigenvalue weighted by Gasteiger charge is 2.44. The highest BCUT2D eigenvalue weighted by Crippen LogP contribution is 2.47. The van der Waals surface area contributed by atoms with Crippen molar-refractivity contribution in [2.45, 2.75) is 31.7 Å². The van der Waals surface area contributed by atoms with Crippen molar-refractivity contribution in [2.24, 2.45) is 5.92 Å². The summed E-state index contributed by atoms with van der Waals surface area (Å²) in [5, 5.41) is 3.11. The Labute approximate surface area is 115 Å². The summed E-state index contributed by atoms with van der Waals surface area (Å²) in [6, 6.07) is 4.23. The van der Waals surface area contributed by atoms with E-state index in [9.17, 15) is 4.79 Å². The van der Waals surface area contributed by atoms with Gasteiger partial charge < -0.3 is 10.2 Å². The number of carbonyl (C=O) groups is 1. The number of hydrogen-bond donors (Lipinski definition) is 1. The first kappa shape index (κ1) is 14.0. The zero-order valence-electron chi connectivity index (χ0n) is 12.0. The Morgan fingerprint density at radius 3 is 3.00 bits per heavy atom. The van der Waals surface area contributed by atoms with E-state index in [1.54, 1.807) is 6.20 Å². The molecule has 1 fully saturated rings. The van der Waals surface area contributed by atoms with Crippen LogP contribution < -0.4 is 5.32 Å². The van der Waals surface area contributed by atoms with Crippen molar-refractivity contribution in [1.29, 1.82) is 0 Å². The summed E-state index contributed by atoms with van der Waals surface area (Å²) in [6.07, 6.45) is 5.58. The van der Waals surface area contributed by atoms with Crippen molar-refractivity contribution in [3.05, 3.63) is 30.1 Å². The Balaban J connectivity index is 1.77. The minimum atomic E-state index is 0.144. The lowest BCUT2D eigenvalue weighted by atomic mass is 10.1. The number of nitrogens with zero attached hydrogens (tertiary/aromatic N) is 2. The van der Waals surface area contributed by atoms with Gasteiger partial charge in [0.1, 0.15) is 0 Å². The molecule has 1 aliphatic rings. The van der Waals surface area contributed by atoms with Gasteiger partial charge in [-0.25, -0.2) is 0 Å². The van der Waals surface area contributed by atoms with Crippen LogP contribution in [0.15, 0.2) is 24.5 Å². The minimum absolute atomic E-state index is 0.144. The topological polar surface area (TPSA) is 45.2 Å². The largest absolute Gasteiger partial charge is 0.353 e. The monoisotopic (exact) mass is 261 g/mol. The molecule has 1 N–H and O–H groups in total. The van der Waals surface area contributed by atoms with Crippen molar-refractivity contribution >= 4 is 5.91 Å². The Hall–Kier alpha value is -1.42. The van der Waals surface area contributed by atoms with Gasteiger partial charge in [-0.05, 0) is 58.0 Å². The number of hydrogen-bond acceptors (Lipinski definition) is 3. The third kappa shape index (κ3) is 4.03. The Morgan fingerprint density at radius 1 is 1.58 bits per heavy atom. The second-order valence-corrected chi connectivity index (χ2v) is 5.74. The third-order valence-corrected chi connectivity index (χ3v) is 3.64. The molecule has 4 nitrogen and oxygen atoms in total. The van der Waals surface area contributed by atoms with Crippen molar-refractivity contribution in [1.82, 2.24) is 15.2 Å². The summed E-state index contributed by atoms with van der Waals surface area (Å²) in [5.74, 6) is 0.709. The summed E-state index contributed by atoms with van der Waals surface area (Å²) in [7, 11) is 4.10. The zero-order chi connectivity index (χ0) is 13.8. The van der Waals surface area contributed by atoms with Gasteiger partial charge in [0.2, 0.25) is 5.91 Å². The standard InChI is InChI=1S/C15H23N3O/c1-11(6-8-18(2)3)17-15(19)14-9-13(14)12-5-4-7-16-10-12/h4-5,7,10-11,13-14H,6,8-9H2,1-3H3,(H,17,19)/t11-,13+,14-/m1/s1. The second kappa shape index (κ2) is 6.15. The van der Waals surface area contributed by atoms with Crippen LogP contribution in [-0.2, 0) is 4.79 Å². The van der Waals surface area contributed by atoms with Crippen LogP contribution in [0.5, 0.6) is 0 Å². The van der Waals surface area contributed by atoms with Crippen molar-refractivity contribution in [3.63, 3.8) is 0 Å². The molecule has 0 aromatic carbocycles. The molecule has 1 aromatic heterocycles. The lowest BCUT2D eigenvalue weighted by Gasteiger charge is -2.16. The molecular weight excluding hydrogens is 238 g/mol. The Bertz CT molecular complexity index is 419. The van der Waals surface area contributed by atoms with Gasteiger partial charge in [0.05, 0.1) is 0 Å². The summed E-state index contributed by atoms with van der Waals surface area (Å²) < 4.78 is 0. The van der Waals surface area contributed by atoms with Crippen molar-refractivity contribution in [3.8, 4) is 0 Å². The molecule has 1 saturated carbocycles. The van der Waals surface area contributed by atoms with Crippen LogP contribution in [0.25, 0.3) is 0 Å². The summed E-state index contributed by atoms with van der Waals surface area (Å²) in [5.41, 5.74) is 1.18. The third-order valence-electron chi connectivity index (χ3n) is 3.64. The van der Waals surface area contributed by atoms with Gasteiger partial charge >= 0.3 is 0 Å². The van der Waals surface area contributed by atoms with Gasteiger partial charge in [-0.3, -0.25) is 9.78 Å². The molecule has 1 heterocycles. The molecule has 1 aliphatic carbocycles. The van der Waals surface area contributed by atoms with Crippen LogP contribution in [0, 0.1) is 5.92 Å². The molecule has 3 atom stereocenters. The molecule has 2 rings (SSSR count). The average Bonchev–Trinajstić information content (AvgIpc) is 3.18. The maximum atomic E-state index is 12.1. The molecule has 0 spiro atoms. The van der Waals surface area contributed by atoms with E-state index in [-0.39, 0.29) is 17.9 Å². The Morgan fingerprint density at radius 2 is 2.37 bits per heavy atom. The highest BCUT2D eigenvalue weighted by molar-refractivity contribution is 5.83. The van der Waals surface area contributed by atoms with Crippen LogP contribution in [0.1, 0.15) is 31.2 Å². The fraction of sp³-hybridized carbons (Fsp3) is 0.600. The van der Waals surface area contributed by atoms with Crippen LogP contribution in [0.2, 0.25) is 0 Å². The quantitative estimate of drug-likeness (QED) is 0.847. The van der Waals surface area contributed by atoms with E-state index >= 15 is 0 Å². The normalized spacial score (nSPS) is 23.2. The molecule has 19 heavy (non-hydrogen) atoms. The zero-order valence-corrected chi connectivity index (χ0v) is 12.0. The van der Waals surface area contributed by atoms with Gasteiger partial charge in [-0.1, -0.05) is 6.07 Å². The van der Waals surface area contributed by atoms with Gasteiger partial charge in [0, 0.05) is 24.4 Å². The van der Waals surface area contributed by atoms with Crippen LogP contribution in [-0.4, -0.2) is 42.5 Å². The van der Waals surface area contributed by atoms with E-state index in [0.29, 0.717) is 5.92 Å². The average molecular weight is 261 g/mol. The SMILES string of the molecule is C[C@H](CCN(C)C)NC(=O)[C@@H]1C[C@H]1c1cccnc1. The molecule has 4 heteroatoms. The van der Waals surface area contributed by atoms with Gasteiger partial charge in [-0.15, -0.1) is 0 Å². The smallest absolute Gasteiger partial charge is 0.223 e. The molecule has 0 saturated heterocycles. The molecule has 1 aromatic rings. The minimum Gasteiger partial charge on any atom is -0.353 e. The van der Waals surface area contributed by atoms with Gasteiger partial charge in [-0.2, -0.15) is 0 Å². The van der Waals surface area contributed by atoms with Crippen molar-refractivity contribution in [2.75, 3.05) is 20.6 Å². The van der Waals surface area contributed by atoms with E-state index in [1.807, 2.05) is 26.4 Å². The molecule has 0 unspecified atom stereocenters. The number of nitrogens with one attached hydrogen (secondary N) is 1. The summed E-state index contributed by atoms with van der Waals surface area (Å²) in [6.45, 7) is 3.07. The fourth-order valence-corrected chi connectivity index (χ4v) is 2.32. The lowest BCUT2D eigenvalue weighted by molar-refractivity contribution is -0.123. The van der Waals surface area contributed by atoms with Crippen LogP contribution in [0.3, 0.4) is 0 Å². The Kier molecular flexibility index (Phi) is 4.53. The summed E-state index contributed by atoms with van der Waals surface area (Å²) in [4.78, 5) is 18.3. The second-order valence-electron chi connectivity index (χ2n) is 5.74. The fourth-order valence-electron chi connectivity index (χ4n) is 2.32. The number of amides is 1. The molecule has 0 bridgehead atoms. The maximum absolute atomic E-state index is 12.1. The number of pyridine rings is 1. The van der Waals surface area contributed by atoms with E-state index in [2.05, 4.69) is 28.2 Å². The number of carbonyl (C=O) groups excluding carboxylic acids is 1. The number of rotatable bonds is 6. The first-order chi connectivity index (χ1) is 9.08. The maximum Gasteiger partial charge on any atom is 0.223 e. The molecule has 1 amide bonds. The highest BCUT2D eigenvalue weighted by atomic mass is 16.2. The predicted molar refractivity (Wildman–Crippen MR) is 75.9 cm³/mol. The molecular formula is C15H23N3O. The first-order valence-corrected chi connectivity index (χ1v) is 6.93. The van der Waals surface area contributed by atoms with E-state index < -0.39 is 0 Å². The van der Waals surface area contributed by atoms with E-state index in [0.717, 1.165) is 19.4 Å². The van der Waals surface area contributed by atoms with E-state index in [1.165, 1.54) is 5.56 Å². The van der Waals surface area contributed by atoms with Crippen LogP contribution in [0.4, 0.5) is 0 Å². The molecule has 104 valence electrons. The van der Waals surface area contributed by atoms with Gasteiger partial charge in [0.15, 0.2) is 0 Å². The van der Waals surface area contributed by atoms with Crippen LogP contribution >= 0.6 is 0 Å². The van der Waals surface area contributed by atoms with Crippen molar-refractivity contribution < 1.29 is 4.79 Å². The van der Waals surface area contributed by atoms with E-state index in [4.69, 9.17) is 0 Å². The predicted octanol–water partition coefficient (Wildman–Crippen LogP) is 1.64. The van der Waals surface area contributed by atoms with Gasteiger partial charge in [0.25, 0.3) is 0 Å². The number of aromatic nitrogens is 1. The molecule has 0 radical (unpaired) electrons. The summed E-state index contributed by atoms with van der Waals surface area (Å²) >= 11 is 0. The first-order valence-electron chi connectivity index (χ1n) is 6.93. The molecule has 0 aliphatic heterocycles. The lowest BCUT2D eigenvalue weighted by Crippen LogP contribution is -2.36.